The van der Waals surface area contributed by atoms with E-state index in [2.05, 4.69) is 18.5 Å². The molecule has 5 heteroatoms. The molecule has 2 atom stereocenters. The molecule has 2 unspecified atom stereocenters. The number of ether oxygens (including phenoxy) is 2. The largest absolute Gasteiger partial charge is 0.460 e. The quantitative estimate of drug-likeness (QED) is 0.532. The van der Waals surface area contributed by atoms with Gasteiger partial charge in [-0.15, -0.1) is 0 Å². The van der Waals surface area contributed by atoms with Crippen LogP contribution < -0.4 is 5.32 Å². The van der Waals surface area contributed by atoms with Crippen molar-refractivity contribution < 1.29 is 19.1 Å². The maximum absolute atomic E-state index is 11.8. The van der Waals surface area contributed by atoms with Gasteiger partial charge in [0.05, 0.1) is 0 Å². The van der Waals surface area contributed by atoms with Gasteiger partial charge in [0, 0.05) is 0 Å². The monoisotopic (exact) mass is 255 g/mol. The Morgan fingerprint density at radius 3 is 2.28 bits per heavy atom. The fraction of sp³-hybridized carbons (Fsp3) is 0.538. The van der Waals surface area contributed by atoms with Gasteiger partial charge in [-0.3, -0.25) is 0 Å². The molecule has 0 bridgehead atoms. The maximum Gasteiger partial charge on any atom is 0.408 e. The van der Waals surface area contributed by atoms with E-state index in [1.54, 1.807) is 0 Å². The summed E-state index contributed by atoms with van der Waals surface area (Å²) >= 11 is 0. The minimum absolute atomic E-state index is 0.0430. The average molecular weight is 255 g/mol. The molecule has 0 aromatic rings. The molecule has 0 radical (unpaired) electrons. The van der Waals surface area contributed by atoms with Crippen LogP contribution >= 0.6 is 0 Å². The van der Waals surface area contributed by atoms with Crippen LogP contribution in [-0.4, -0.2) is 31.3 Å². The van der Waals surface area contributed by atoms with E-state index in [-0.39, 0.29) is 19.1 Å². The molecule has 0 rings (SSSR count). The van der Waals surface area contributed by atoms with Crippen molar-refractivity contribution in [2.75, 3.05) is 13.2 Å². The lowest BCUT2D eigenvalue weighted by Crippen LogP contribution is -2.46. The fourth-order valence-electron chi connectivity index (χ4n) is 1.20. The van der Waals surface area contributed by atoms with Crippen LogP contribution in [0.3, 0.4) is 0 Å². The zero-order valence-corrected chi connectivity index (χ0v) is 11.0. The number of nitrogens with one attached hydrogen (secondary N) is 1. The van der Waals surface area contributed by atoms with Crippen LogP contribution in [0, 0.1) is 5.92 Å². The molecule has 0 saturated heterocycles. The molecule has 5 nitrogen and oxygen atoms in total. The second kappa shape index (κ2) is 9.27. The van der Waals surface area contributed by atoms with Crippen LogP contribution in [0.2, 0.25) is 0 Å². The summed E-state index contributed by atoms with van der Waals surface area (Å²) in [6, 6.07) is -0.715. The normalized spacial score (nSPS) is 13.0. The van der Waals surface area contributed by atoms with Gasteiger partial charge in [0.2, 0.25) is 0 Å². The van der Waals surface area contributed by atoms with E-state index in [4.69, 9.17) is 9.47 Å². The highest BCUT2D eigenvalue weighted by Crippen LogP contribution is 2.09. The number of carbonyl (C=O) groups excluding carboxylic acids is 2. The van der Waals surface area contributed by atoms with E-state index in [0.717, 1.165) is 6.42 Å². The van der Waals surface area contributed by atoms with E-state index in [0.29, 0.717) is 0 Å². The molecular weight excluding hydrogens is 234 g/mol. The first-order valence-corrected chi connectivity index (χ1v) is 5.88. The first kappa shape index (κ1) is 16.2. The molecule has 0 aromatic heterocycles. The van der Waals surface area contributed by atoms with E-state index in [9.17, 15) is 9.59 Å². The number of hydrogen-bond donors (Lipinski definition) is 1. The van der Waals surface area contributed by atoms with Crippen molar-refractivity contribution in [2.45, 2.75) is 26.3 Å². The summed E-state index contributed by atoms with van der Waals surface area (Å²) in [6.07, 6.45) is 3.00. The van der Waals surface area contributed by atoms with E-state index in [1.807, 2.05) is 13.8 Å². The second-order valence-corrected chi connectivity index (χ2v) is 3.81. The van der Waals surface area contributed by atoms with Crippen molar-refractivity contribution in [1.29, 1.82) is 0 Å². The predicted molar refractivity (Wildman–Crippen MR) is 69.1 cm³/mol. The first-order valence-electron chi connectivity index (χ1n) is 5.88. The summed E-state index contributed by atoms with van der Waals surface area (Å²) in [5.74, 6) is -0.529. The van der Waals surface area contributed by atoms with Gasteiger partial charge in [0.15, 0.2) is 0 Å². The number of alkyl carbamates (subject to hydrolysis) is 1. The average Bonchev–Trinajstić information content (AvgIpc) is 2.38. The van der Waals surface area contributed by atoms with Crippen molar-refractivity contribution in [2.24, 2.45) is 5.92 Å². The van der Waals surface area contributed by atoms with E-state index in [1.165, 1.54) is 12.2 Å². The van der Waals surface area contributed by atoms with Gasteiger partial charge in [-0.2, -0.15) is 0 Å². The third-order valence-electron chi connectivity index (χ3n) is 2.42. The number of carbonyl (C=O) groups is 2. The summed E-state index contributed by atoms with van der Waals surface area (Å²) in [7, 11) is 0. The van der Waals surface area contributed by atoms with Crippen molar-refractivity contribution in [1.82, 2.24) is 5.32 Å². The van der Waals surface area contributed by atoms with Crippen LogP contribution in [-0.2, 0) is 14.3 Å². The Kier molecular flexibility index (Phi) is 8.35. The van der Waals surface area contributed by atoms with E-state index < -0.39 is 18.1 Å². The molecule has 102 valence electrons. The highest BCUT2D eigenvalue weighted by Gasteiger charge is 2.27. The van der Waals surface area contributed by atoms with Gasteiger partial charge in [-0.1, -0.05) is 45.6 Å². The van der Waals surface area contributed by atoms with Crippen molar-refractivity contribution >= 4 is 12.1 Å². The van der Waals surface area contributed by atoms with Crippen molar-refractivity contribution in [3.63, 3.8) is 0 Å². The SMILES string of the molecule is C=CCOC(=O)NC(C(=O)OCC=C)C(C)CC. The number of esters is 1. The Hall–Kier alpha value is -1.78. The lowest BCUT2D eigenvalue weighted by molar-refractivity contribution is -0.146. The van der Waals surface area contributed by atoms with Gasteiger partial charge >= 0.3 is 12.1 Å². The van der Waals surface area contributed by atoms with Gasteiger partial charge in [0.25, 0.3) is 0 Å². The Morgan fingerprint density at radius 2 is 1.78 bits per heavy atom. The standard InChI is InChI=1S/C13H21NO4/c1-5-8-17-12(15)11(10(4)7-3)14-13(16)18-9-6-2/h5-6,10-11H,1-2,7-9H2,3-4H3,(H,14,16). The molecule has 0 fully saturated rings. The van der Waals surface area contributed by atoms with Crippen molar-refractivity contribution in [3.8, 4) is 0 Å². The molecule has 1 amide bonds. The van der Waals surface area contributed by atoms with Crippen LogP contribution in [0.1, 0.15) is 20.3 Å². The van der Waals surface area contributed by atoms with Gasteiger partial charge in [0.1, 0.15) is 19.3 Å². The Balaban J connectivity index is 4.47. The van der Waals surface area contributed by atoms with Gasteiger partial charge in [-0.25, -0.2) is 9.59 Å². The third kappa shape index (κ3) is 6.08. The number of hydrogen-bond acceptors (Lipinski definition) is 4. The summed E-state index contributed by atoms with van der Waals surface area (Å²) < 4.78 is 9.71. The zero-order valence-electron chi connectivity index (χ0n) is 11.0. The lowest BCUT2D eigenvalue weighted by Gasteiger charge is -2.21. The molecule has 0 saturated carbocycles. The third-order valence-corrected chi connectivity index (χ3v) is 2.42. The molecule has 0 aliphatic rings. The molecule has 0 heterocycles. The topological polar surface area (TPSA) is 64.6 Å². The van der Waals surface area contributed by atoms with Crippen LogP contribution in [0.15, 0.2) is 25.3 Å². The zero-order chi connectivity index (χ0) is 14.0. The maximum atomic E-state index is 11.8. The molecular formula is C13H21NO4. The highest BCUT2D eigenvalue weighted by molar-refractivity contribution is 5.81. The number of amides is 1. The highest BCUT2D eigenvalue weighted by atomic mass is 16.6. The lowest BCUT2D eigenvalue weighted by atomic mass is 9.99. The molecule has 0 aliphatic carbocycles. The predicted octanol–water partition coefficient (Wildman–Crippen LogP) is 2.04. The molecule has 1 N–H and O–H groups in total. The molecule has 18 heavy (non-hydrogen) atoms. The summed E-state index contributed by atoms with van der Waals surface area (Å²) in [5.41, 5.74) is 0. The second-order valence-electron chi connectivity index (χ2n) is 3.81. The smallest absolute Gasteiger partial charge is 0.408 e. The van der Waals surface area contributed by atoms with E-state index >= 15 is 0 Å². The molecule has 0 aromatic carbocycles. The fourth-order valence-corrected chi connectivity index (χ4v) is 1.20. The van der Waals surface area contributed by atoms with Gasteiger partial charge in [-0.05, 0) is 5.92 Å². The summed E-state index contributed by atoms with van der Waals surface area (Å²) in [5, 5.41) is 2.49. The first-order chi connectivity index (χ1) is 8.56. The minimum Gasteiger partial charge on any atom is -0.460 e. The van der Waals surface area contributed by atoms with Crippen LogP contribution in [0.25, 0.3) is 0 Å². The molecule has 0 spiro atoms. The summed E-state index contributed by atoms with van der Waals surface area (Å²) in [6.45, 7) is 10.9. The Bertz CT molecular complexity index is 301. The summed E-state index contributed by atoms with van der Waals surface area (Å²) in [4.78, 5) is 23.2. The van der Waals surface area contributed by atoms with Crippen molar-refractivity contribution in [3.05, 3.63) is 25.3 Å². The molecule has 0 aliphatic heterocycles. The van der Waals surface area contributed by atoms with Crippen LogP contribution in [0.4, 0.5) is 4.79 Å². The number of rotatable bonds is 8. The Labute approximate surface area is 108 Å². The van der Waals surface area contributed by atoms with Gasteiger partial charge < -0.3 is 14.8 Å². The van der Waals surface area contributed by atoms with Crippen LogP contribution in [0.5, 0.6) is 0 Å². The minimum atomic E-state index is -0.715. The Morgan fingerprint density at radius 1 is 1.22 bits per heavy atom.